The summed E-state index contributed by atoms with van der Waals surface area (Å²) in [5.41, 5.74) is 2.71. The molecule has 6 rings (SSSR count). The number of rotatable bonds is 7. The minimum absolute atomic E-state index is 0.0192. The smallest absolute Gasteiger partial charge is 0.322 e. The van der Waals surface area contributed by atoms with E-state index in [4.69, 9.17) is 21.1 Å². The van der Waals surface area contributed by atoms with Crippen molar-refractivity contribution in [3.8, 4) is 5.75 Å². The number of likely N-dealkylation sites (tertiary alicyclic amines) is 1. The third-order valence-corrected chi connectivity index (χ3v) is 10.2. The largest absolute Gasteiger partial charge is 0.425 e. The number of nitrogens with one attached hydrogen (secondary N) is 2. The zero-order valence-electron chi connectivity index (χ0n) is 27.5. The van der Waals surface area contributed by atoms with E-state index in [1.807, 2.05) is 34.1 Å². The summed E-state index contributed by atoms with van der Waals surface area (Å²) < 4.78 is 10.7. The highest BCUT2D eigenvalue weighted by molar-refractivity contribution is 6.32. The molecule has 12 nitrogen and oxygen atoms in total. The first-order valence-corrected chi connectivity index (χ1v) is 17.4. The van der Waals surface area contributed by atoms with E-state index >= 15 is 0 Å². The van der Waals surface area contributed by atoms with Crippen LogP contribution in [-0.2, 0) is 27.2 Å². The van der Waals surface area contributed by atoms with E-state index in [1.165, 1.54) is 6.92 Å². The molecule has 3 fully saturated rings. The number of urea groups is 2. The van der Waals surface area contributed by atoms with Crippen LogP contribution in [0.15, 0.2) is 42.5 Å². The molecule has 0 saturated carbocycles. The maximum atomic E-state index is 14.0. The monoisotopic (exact) mass is 680 g/mol. The van der Waals surface area contributed by atoms with Crippen LogP contribution in [-0.4, -0.2) is 121 Å². The first kappa shape index (κ1) is 34.0. The molecule has 48 heavy (non-hydrogen) atoms. The van der Waals surface area contributed by atoms with Gasteiger partial charge in [0.15, 0.2) is 0 Å². The second kappa shape index (κ2) is 15.6. The van der Waals surface area contributed by atoms with E-state index in [0.717, 1.165) is 62.4 Å². The van der Waals surface area contributed by atoms with Gasteiger partial charge in [-0.2, -0.15) is 0 Å². The molecular weight excluding hydrogens is 636 g/mol. The zero-order valence-corrected chi connectivity index (χ0v) is 28.3. The molecular formula is C35H45ClN6O6. The molecule has 0 radical (unpaired) electrons. The van der Waals surface area contributed by atoms with Gasteiger partial charge in [0.25, 0.3) is 0 Å². The van der Waals surface area contributed by atoms with Crippen molar-refractivity contribution in [2.45, 2.75) is 63.6 Å². The number of hydrogen-bond donors (Lipinski definition) is 2. The lowest BCUT2D eigenvalue weighted by Crippen LogP contribution is -2.59. The number of anilines is 1. The van der Waals surface area contributed by atoms with Crippen molar-refractivity contribution in [1.82, 2.24) is 24.9 Å². The normalized spacial score (nSPS) is 20.4. The molecule has 0 aliphatic carbocycles. The average Bonchev–Trinajstić information content (AvgIpc) is 3.27. The van der Waals surface area contributed by atoms with Crippen molar-refractivity contribution in [3.05, 3.63) is 58.6 Å². The van der Waals surface area contributed by atoms with Crippen molar-refractivity contribution in [2.24, 2.45) is 0 Å². The van der Waals surface area contributed by atoms with Crippen LogP contribution < -0.4 is 15.4 Å². The summed E-state index contributed by atoms with van der Waals surface area (Å²) in [5, 5.41) is 6.34. The number of fused-ring (bicyclic) bond motifs is 1. The van der Waals surface area contributed by atoms with Crippen LogP contribution in [0.25, 0.3) is 0 Å². The van der Waals surface area contributed by atoms with Crippen molar-refractivity contribution in [1.29, 1.82) is 0 Å². The molecule has 13 heteroatoms. The topological polar surface area (TPSA) is 124 Å². The van der Waals surface area contributed by atoms with Gasteiger partial charge in [-0.15, -0.1) is 0 Å². The highest BCUT2D eigenvalue weighted by Crippen LogP contribution is 2.28. The minimum atomic E-state index is -0.810. The summed E-state index contributed by atoms with van der Waals surface area (Å²) in [6, 6.07) is 12.2. The number of piperidine rings is 1. The van der Waals surface area contributed by atoms with Crippen LogP contribution in [0.4, 0.5) is 15.3 Å². The number of para-hydroxylation sites is 1. The van der Waals surface area contributed by atoms with Gasteiger partial charge >= 0.3 is 18.0 Å². The van der Waals surface area contributed by atoms with Gasteiger partial charge in [0.2, 0.25) is 5.91 Å². The quantitative estimate of drug-likeness (QED) is 0.337. The molecule has 2 aromatic carbocycles. The molecule has 3 saturated heterocycles. The van der Waals surface area contributed by atoms with E-state index in [1.54, 1.807) is 23.1 Å². The number of halogens is 1. The van der Waals surface area contributed by atoms with E-state index in [-0.39, 0.29) is 41.2 Å². The molecule has 0 spiro atoms. The standard InChI is InChI=1S/C35H45ClN6O6/c1-24(43)48-32-7-6-25(22-29(32)36)23-31(33(44)40-18-16-39(17-19-40)27-11-20-47-21-12-27)38-34(45)41-13-9-28(10-14-41)42-15-8-26-4-2-3-5-30(26)37-35(42)46/h2-7,22,27-28,31H,8-21,23H2,1H3,(H,37,46)(H,38,45)/t31-/m1/s1. The summed E-state index contributed by atoms with van der Waals surface area (Å²) in [5.74, 6) is -0.366. The first-order valence-electron chi connectivity index (χ1n) is 17.0. The number of hydrogen-bond acceptors (Lipinski definition) is 7. The molecule has 0 bridgehead atoms. The maximum absolute atomic E-state index is 14.0. The van der Waals surface area contributed by atoms with Gasteiger partial charge in [0, 0.05) is 90.1 Å². The summed E-state index contributed by atoms with van der Waals surface area (Å²) in [4.78, 5) is 60.2. The molecule has 5 amide bonds. The zero-order chi connectivity index (χ0) is 33.6. The number of benzene rings is 2. The van der Waals surface area contributed by atoms with Gasteiger partial charge in [-0.05, 0) is 61.4 Å². The van der Waals surface area contributed by atoms with E-state index < -0.39 is 12.0 Å². The lowest BCUT2D eigenvalue weighted by molar-refractivity contribution is -0.135. The predicted molar refractivity (Wildman–Crippen MR) is 181 cm³/mol. The van der Waals surface area contributed by atoms with E-state index in [9.17, 15) is 19.2 Å². The molecule has 258 valence electrons. The van der Waals surface area contributed by atoms with Gasteiger partial charge in [-0.3, -0.25) is 14.5 Å². The third kappa shape index (κ3) is 8.22. The van der Waals surface area contributed by atoms with Crippen LogP contribution in [0.3, 0.4) is 0 Å². The van der Waals surface area contributed by atoms with Crippen LogP contribution in [0, 0.1) is 0 Å². The number of carbonyl (C=O) groups is 4. The summed E-state index contributed by atoms with van der Waals surface area (Å²) in [6.07, 6.45) is 4.31. The Balaban J connectivity index is 1.09. The van der Waals surface area contributed by atoms with E-state index in [2.05, 4.69) is 15.5 Å². The highest BCUT2D eigenvalue weighted by atomic mass is 35.5. The first-order chi connectivity index (χ1) is 23.2. The fourth-order valence-electron chi connectivity index (χ4n) is 7.28. The van der Waals surface area contributed by atoms with Gasteiger partial charge in [-0.25, -0.2) is 9.59 Å². The fraction of sp³-hybridized carbons (Fsp3) is 0.543. The molecule has 4 heterocycles. The molecule has 1 atom stereocenters. The Bertz CT molecular complexity index is 1490. The van der Waals surface area contributed by atoms with Crippen molar-refractivity contribution < 1.29 is 28.7 Å². The molecule has 2 aromatic rings. The maximum Gasteiger partial charge on any atom is 0.322 e. The number of esters is 1. The number of ether oxygens (including phenoxy) is 2. The lowest BCUT2D eigenvalue weighted by atomic mass is 10.0. The fourth-order valence-corrected chi connectivity index (χ4v) is 7.52. The van der Waals surface area contributed by atoms with Gasteiger partial charge in [0.05, 0.1) is 5.02 Å². The Hall–Kier alpha value is -3.87. The second-order valence-electron chi connectivity index (χ2n) is 13.0. The Morgan fingerprint density at radius 2 is 1.67 bits per heavy atom. The average molecular weight is 681 g/mol. The van der Waals surface area contributed by atoms with Crippen molar-refractivity contribution in [2.75, 3.05) is 64.3 Å². The number of amides is 5. The SMILES string of the molecule is CC(=O)Oc1ccc(C[C@@H](NC(=O)N2CCC(N3CCc4ccccc4NC3=O)CC2)C(=O)N2CCN(C3CCOCC3)CC2)cc1Cl. The van der Waals surface area contributed by atoms with Crippen LogP contribution in [0.1, 0.15) is 43.7 Å². The molecule has 4 aliphatic heterocycles. The lowest BCUT2D eigenvalue weighted by Gasteiger charge is -2.42. The summed E-state index contributed by atoms with van der Waals surface area (Å²) in [7, 11) is 0. The molecule has 2 N–H and O–H groups in total. The Morgan fingerprint density at radius 1 is 0.938 bits per heavy atom. The Kier molecular flexibility index (Phi) is 11.0. The molecule has 4 aliphatic rings. The number of carbonyl (C=O) groups excluding carboxylic acids is 4. The minimum Gasteiger partial charge on any atom is -0.425 e. The van der Waals surface area contributed by atoms with Crippen molar-refractivity contribution >= 4 is 41.2 Å². The summed E-state index contributed by atoms with van der Waals surface area (Å²) in [6.45, 7) is 7.15. The van der Waals surface area contributed by atoms with Gasteiger partial charge in [0.1, 0.15) is 11.8 Å². The van der Waals surface area contributed by atoms with E-state index in [0.29, 0.717) is 51.6 Å². The van der Waals surface area contributed by atoms with Crippen molar-refractivity contribution in [3.63, 3.8) is 0 Å². The third-order valence-electron chi connectivity index (χ3n) is 9.95. The predicted octanol–water partition coefficient (Wildman–Crippen LogP) is 3.76. The molecule has 0 unspecified atom stereocenters. The second-order valence-corrected chi connectivity index (χ2v) is 13.4. The summed E-state index contributed by atoms with van der Waals surface area (Å²) >= 11 is 6.41. The van der Waals surface area contributed by atoms with Crippen LogP contribution in [0.5, 0.6) is 5.75 Å². The van der Waals surface area contributed by atoms with Gasteiger partial charge in [-0.1, -0.05) is 35.9 Å². The van der Waals surface area contributed by atoms with Gasteiger partial charge < -0.3 is 34.8 Å². The number of piperazine rings is 1. The van der Waals surface area contributed by atoms with Crippen LogP contribution in [0.2, 0.25) is 5.02 Å². The highest BCUT2D eigenvalue weighted by Gasteiger charge is 2.35. The molecule has 0 aromatic heterocycles. The Morgan fingerprint density at radius 3 is 2.38 bits per heavy atom. The van der Waals surface area contributed by atoms with Crippen LogP contribution >= 0.6 is 11.6 Å². The Labute approximate surface area is 286 Å². The number of nitrogens with zero attached hydrogens (tertiary/aromatic N) is 4.